The number of allylic oxidation sites excluding steroid dienone is 3. The number of para-hydroxylation sites is 1. The molecular weight excluding hydrogens is 1140 g/mol. The first-order valence-corrected chi connectivity index (χ1v) is 33.2. The highest BCUT2D eigenvalue weighted by atomic mass is 16.3. The van der Waals surface area contributed by atoms with Crippen LogP contribution in [0.3, 0.4) is 0 Å². The van der Waals surface area contributed by atoms with E-state index in [0.29, 0.717) is 0 Å². The third-order valence-corrected chi connectivity index (χ3v) is 19.8. The average Bonchev–Trinajstić information content (AvgIpc) is 1.50. The van der Waals surface area contributed by atoms with E-state index in [9.17, 15) is 0 Å². The fraction of sp³-hybridized carbons (Fsp3) is 0.121. The molecule has 3 nitrogen and oxygen atoms in total. The minimum absolute atomic E-state index is 0.0521. The van der Waals surface area contributed by atoms with E-state index < -0.39 is 5.41 Å². The molecule has 16 rings (SSSR count). The fourth-order valence-electron chi connectivity index (χ4n) is 15.2. The monoisotopic (exact) mass is 1210 g/mol. The van der Waals surface area contributed by atoms with Gasteiger partial charge in [0.1, 0.15) is 11.2 Å². The minimum Gasteiger partial charge on any atom is -0.455 e. The molecule has 1 aromatic heterocycles. The summed E-state index contributed by atoms with van der Waals surface area (Å²) in [6.45, 7) is 13.8. The van der Waals surface area contributed by atoms with Gasteiger partial charge in [0.15, 0.2) is 0 Å². The Balaban J connectivity index is 1.05. The zero-order valence-electron chi connectivity index (χ0n) is 54.2. The zero-order valence-corrected chi connectivity index (χ0v) is 54.2. The summed E-state index contributed by atoms with van der Waals surface area (Å²) in [7, 11) is 0. The third-order valence-electron chi connectivity index (χ3n) is 19.8. The van der Waals surface area contributed by atoms with Crippen LogP contribution in [-0.2, 0) is 16.2 Å². The lowest BCUT2D eigenvalue weighted by Crippen LogP contribution is -2.29. The number of benzene rings is 13. The van der Waals surface area contributed by atoms with Crippen molar-refractivity contribution >= 4 is 66.7 Å². The van der Waals surface area contributed by atoms with Crippen LogP contribution in [0.1, 0.15) is 98.4 Å². The van der Waals surface area contributed by atoms with Crippen molar-refractivity contribution in [3.63, 3.8) is 0 Å². The van der Waals surface area contributed by atoms with Crippen LogP contribution < -0.4 is 9.80 Å². The molecule has 0 radical (unpaired) electrons. The van der Waals surface area contributed by atoms with Gasteiger partial charge >= 0.3 is 0 Å². The molecule has 3 heteroatoms. The van der Waals surface area contributed by atoms with Crippen molar-refractivity contribution in [2.45, 2.75) is 70.1 Å². The minimum atomic E-state index is -0.908. The number of nitrogens with zero attached hydrogens (tertiary/aromatic N) is 2. The zero-order chi connectivity index (χ0) is 63.7. The molecule has 2 aliphatic carbocycles. The molecule has 13 aromatic carbocycles. The first-order valence-electron chi connectivity index (χ1n) is 33.2. The van der Waals surface area contributed by atoms with E-state index in [0.717, 1.165) is 118 Å². The molecule has 0 bridgehead atoms. The van der Waals surface area contributed by atoms with Crippen LogP contribution in [0, 0.1) is 0 Å². The summed E-state index contributed by atoms with van der Waals surface area (Å²) < 4.78 is 7.72. The van der Waals surface area contributed by atoms with Crippen molar-refractivity contribution < 1.29 is 4.42 Å². The summed E-state index contributed by atoms with van der Waals surface area (Å²) in [6, 6.07) is 115. The highest BCUT2D eigenvalue weighted by Crippen LogP contribution is 2.64. The topological polar surface area (TPSA) is 19.6 Å². The first kappa shape index (κ1) is 58.1. The highest BCUT2D eigenvalue weighted by Gasteiger charge is 2.50. The Kier molecular flexibility index (Phi) is 14.4. The predicted molar refractivity (Wildman–Crippen MR) is 396 cm³/mol. The smallest absolute Gasteiger partial charge is 0.145 e. The van der Waals surface area contributed by atoms with E-state index >= 15 is 0 Å². The van der Waals surface area contributed by atoms with E-state index in [1.807, 2.05) is 0 Å². The lowest BCUT2D eigenvalue weighted by Gasteiger charge is -2.37. The predicted octanol–water partition coefficient (Wildman–Crippen LogP) is 24.8. The Labute approximate surface area is 552 Å². The maximum absolute atomic E-state index is 7.72. The molecule has 0 amide bonds. The Bertz CT molecular complexity index is 5150. The van der Waals surface area contributed by atoms with Gasteiger partial charge in [-0.3, -0.25) is 0 Å². The quantitative estimate of drug-likeness (QED) is 0.122. The normalized spacial score (nSPS) is 14.3. The van der Waals surface area contributed by atoms with E-state index in [2.05, 4.69) is 373 Å². The molecular formula is C91H74N2O. The molecule has 0 aliphatic heterocycles. The molecule has 1 atom stereocenters. The van der Waals surface area contributed by atoms with E-state index in [-0.39, 0.29) is 16.7 Å². The SMILES string of the molecule is CC(C)(C)c1ccc(N(C2=C(c3ccccc3)CC(c3ccccc3)C=C2)c2cc3c(c4ccccc24)-c2c(cc(N(c4ccc(C(C)(C)C)cc4)c4ccc(-c5ccccc5)cc4-c4ccccc4)c4c2oc2ccccc24)C3(c2ccccc2)c2ccccc2)cc1. The van der Waals surface area contributed by atoms with Gasteiger partial charge in [-0.05, 0) is 156 Å². The Morgan fingerprint density at radius 3 is 1.45 bits per heavy atom. The summed E-state index contributed by atoms with van der Waals surface area (Å²) in [5.41, 5.74) is 25.0. The molecule has 1 heterocycles. The van der Waals surface area contributed by atoms with Crippen LogP contribution >= 0.6 is 0 Å². The van der Waals surface area contributed by atoms with Crippen LogP contribution in [0.4, 0.5) is 28.4 Å². The molecule has 0 fully saturated rings. The van der Waals surface area contributed by atoms with Gasteiger partial charge in [0.2, 0.25) is 0 Å². The second-order valence-corrected chi connectivity index (χ2v) is 27.5. The number of fused-ring (bicyclic) bond motifs is 9. The Morgan fingerprint density at radius 1 is 0.383 bits per heavy atom. The average molecular weight is 1210 g/mol. The van der Waals surface area contributed by atoms with Crippen molar-refractivity contribution in [3.8, 4) is 33.4 Å². The molecule has 0 saturated carbocycles. The molecule has 454 valence electrons. The Hall–Kier alpha value is -11.0. The van der Waals surface area contributed by atoms with Crippen LogP contribution in [-0.4, -0.2) is 0 Å². The van der Waals surface area contributed by atoms with Gasteiger partial charge in [-0.2, -0.15) is 0 Å². The van der Waals surface area contributed by atoms with E-state index in [1.54, 1.807) is 0 Å². The summed E-state index contributed by atoms with van der Waals surface area (Å²) in [6.07, 6.45) is 5.69. The van der Waals surface area contributed by atoms with Gasteiger partial charge < -0.3 is 14.2 Å². The van der Waals surface area contributed by atoms with Crippen LogP contribution in [0.5, 0.6) is 0 Å². The highest BCUT2D eigenvalue weighted by molar-refractivity contribution is 6.23. The van der Waals surface area contributed by atoms with Crippen molar-refractivity contribution in [2.24, 2.45) is 0 Å². The molecule has 14 aromatic rings. The van der Waals surface area contributed by atoms with Gasteiger partial charge in [-0.25, -0.2) is 0 Å². The lowest BCUT2D eigenvalue weighted by atomic mass is 9.67. The lowest BCUT2D eigenvalue weighted by molar-refractivity contribution is 0.590. The number of hydrogen-bond donors (Lipinski definition) is 0. The van der Waals surface area contributed by atoms with Crippen LogP contribution in [0.15, 0.2) is 332 Å². The largest absolute Gasteiger partial charge is 0.455 e. The number of furan rings is 1. The summed E-state index contributed by atoms with van der Waals surface area (Å²) in [4.78, 5) is 5.13. The second kappa shape index (κ2) is 23.3. The Morgan fingerprint density at radius 2 is 0.862 bits per heavy atom. The maximum atomic E-state index is 7.72. The van der Waals surface area contributed by atoms with Gasteiger partial charge in [0.05, 0.1) is 27.9 Å². The van der Waals surface area contributed by atoms with E-state index in [1.165, 1.54) is 39.0 Å². The van der Waals surface area contributed by atoms with Crippen LogP contribution in [0.2, 0.25) is 0 Å². The van der Waals surface area contributed by atoms with Crippen LogP contribution in [0.25, 0.3) is 71.7 Å². The first-order chi connectivity index (χ1) is 45.9. The molecule has 94 heavy (non-hydrogen) atoms. The molecule has 1 unspecified atom stereocenters. The fourth-order valence-corrected chi connectivity index (χ4v) is 15.2. The molecule has 0 N–H and O–H groups in total. The van der Waals surface area contributed by atoms with Gasteiger partial charge in [-0.1, -0.05) is 302 Å². The summed E-state index contributed by atoms with van der Waals surface area (Å²) in [5.74, 6) is 0.183. The summed E-state index contributed by atoms with van der Waals surface area (Å²) >= 11 is 0. The molecule has 0 saturated heterocycles. The third kappa shape index (κ3) is 9.89. The molecule has 2 aliphatic rings. The second-order valence-electron chi connectivity index (χ2n) is 27.5. The maximum Gasteiger partial charge on any atom is 0.145 e. The van der Waals surface area contributed by atoms with Gasteiger partial charge in [-0.15, -0.1) is 0 Å². The standard InChI is InChI=1S/C91H74N2O/c1-89(2,3)67-47-51-71(52-48-67)92(80-55-45-65(61-29-13-7-14-30-61)57-76(80)63-33-17-9-18-34-63)82-59-78-85(74-42-26-25-41-73(74)82)87-79(91(78,69-37-21-11-22-38-69)70-39-23-12-24-40-70)60-83(86-75-43-27-28-44-84(75)94-88(86)87)93(72-53-49-68(50-54-72)90(4,5)6)81-56-46-66(62-31-15-8-16-32-62)58-77(81)64-35-19-10-20-36-64/h7-56,58-60,65H,57H2,1-6H3. The van der Waals surface area contributed by atoms with Crippen molar-refractivity contribution in [3.05, 3.63) is 372 Å². The van der Waals surface area contributed by atoms with Crippen molar-refractivity contribution in [1.29, 1.82) is 0 Å². The molecule has 0 spiro atoms. The van der Waals surface area contributed by atoms with Crippen molar-refractivity contribution in [2.75, 3.05) is 9.80 Å². The summed E-state index contributed by atoms with van der Waals surface area (Å²) in [5, 5.41) is 4.39. The van der Waals surface area contributed by atoms with Gasteiger partial charge in [0.25, 0.3) is 0 Å². The van der Waals surface area contributed by atoms with Gasteiger partial charge in [0, 0.05) is 44.9 Å². The van der Waals surface area contributed by atoms with Crippen molar-refractivity contribution in [1.82, 2.24) is 0 Å². The number of hydrogen-bond acceptors (Lipinski definition) is 3. The number of anilines is 5. The van der Waals surface area contributed by atoms with E-state index in [4.69, 9.17) is 4.42 Å². The number of rotatable bonds is 12.